The van der Waals surface area contributed by atoms with Gasteiger partial charge in [-0.3, -0.25) is 4.52 Å². The zero-order valence-corrected chi connectivity index (χ0v) is 8.70. The minimum atomic E-state index is -4.31. The van der Waals surface area contributed by atoms with Crippen molar-refractivity contribution in [3.05, 3.63) is 0 Å². The average molecular weight is 212 g/mol. The molecule has 13 heavy (non-hydrogen) atoms. The Bertz CT molecular complexity index is 155. The third-order valence-corrected chi connectivity index (χ3v) is 1.90. The highest BCUT2D eigenvalue weighted by Gasteiger charge is 2.12. The molecular formula is C7H17O5P. The first kappa shape index (κ1) is 13.1. The van der Waals surface area contributed by atoms with Crippen LogP contribution in [0.15, 0.2) is 0 Å². The molecule has 0 aromatic heterocycles. The minimum absolute atomic E-state index is 0.0591. The molecule has 0 unspecified atom stereocenters. The zero-order valence-electron chi connectivity index (χ0n) is 7.81. The molecule has 2 N–H and O–H groups in total. The highest BCUT2D eigenvalue weighted by molar-refractivity contribution is 7.46. The quantitative estimate of drug-likeness (QED) is 0.468. The normalized spacial score (nSPS) is 11.9. The van der Waals surface area contributed by atoms with E-state index in [1.54, 1.807) is 0 Å². The van der Waals surface area contributed by atoms with E-state index >= 15 is 0 Å². The first-order valence-electron chi connectivity index (χ1n) is 4.34. The molecule has 0 aromatic rings. The predicted octanol–water partition coefficient (Wildman–Crippen LogP) is 1.30. The summed E-state index contributed by atoms with van der Waals surface area (Å²) in [6.45, 7) is 2.89. The van der Waals surface area contributed by atoms with Gasteiger partial charge < -0.3 is 14.5 Å². The lowest BCUT2D eigenvalue weighted by Crippen LogP contribution is -2.03. The van der Waals surface area contributed by atoms with E-state index < -0.39 is 7.82 Å². The van der Waals surface area contributed by atoms with Crippen molar-refractivity contribution in [3.63, 3.8) is 0 Å². The molecule has 0 fully saturated rings. The Morgan fingerprint density at radius 3 is 2.38 bits per heavy atom. The number of ether oxygens (including phenoxy) is 1. The summed E-state index contributed by atoms with van der Waals surface area (Å²) in [4.78, 5) is 16.6. The Labute approximate surface area is 78.3 Å². The summed E-state index contributed by atoms with van der Waals surface area (Å²) in [5.74, 6) is 0. The number of hydrogen-bond donors (Lipinski definition) is 2. The monoisotopic (exact) mass is 212 g/mol. The Balaban J connectivity index is 3.04. The van der Waals surface area contributed by atoms with Crippen molar-refractivity contribution in [2.75, 3.05) is 19.8 Å². The first-order valence-corrected chi connectivity index (χ1v) is 5.87. The van der Waals surface area contributed by atoms with Crippen LogP contribution in [0.4, 0.5) is 0 Å². The highest BCUT2D eigenvalue weighted by atomic mass is 31.2. The summed E-state index contributed by atoms with van der Waals surface area (Å²) >= 11 is 0. The fourth-order valence-electron chi connectivity index (χ4n) is 0.771. The molecule has 0 aliphatic heterocycles. The van der Waals surface area contributed by atoms with E-state index in [-0.39, 0.29) is 13.2 Å². The van der Waals surface area contributed by atoms with Crippen molar-refractivity contribution in [2.24, 2.45) is 0 Å². The van der Waals surface area contributed by atoms with Gasteiger partial charge in [0.1, 0.15) is 0 Å². The van der Waals surface area contributed by atoms with Crippen LogP contribution in [0.1, 0.15) is 26.2 Å². The molecule has 0 rings (SSSR count). The number of unbranched alkanes of at least 4 members (excludes halogenated alkanes) is 2. The van der Waals surface area contributed by atoms with E-state index in [9.17, 15) is 4.57 Å². The standard InChI is InChI=1S/C7H17O5P/c1-2-3-4-5-11-6-7-12-13(8,9)10/h2-7H2,1H3,(H2,8,9,10). The lowest BCUT2D eigenvalue weighted by Gasteiger charge is -2.05. The van der Waals surface area contributed by atoms with Gasteiger partial charge in [-0.05, 0) is 6.42 Å². The largest absolute Gasteiger partial charge is 0.469 e. The van der Waals surface area contributed by atoms with Gasteiger partial charge in [0.25, 0.3) is 0 Å². The van der Waals surface area contributed by atoms with Crippen LogP contribution in [0, 0.1) is 0 Å². The summed E-state index contributed by atoms with van der Waals surface area (Å²) < 4.78 is 19.4. The van der Waals surface area contributed by atoms with Crippen molar-refractivity contribution < 1.29 is 23.6 Å². The van der Waals surface area contributed by atoms with Crippen LogP contribution in [0.5, 0.6) is 0 Å². The third kappa shape index (κ3) is 12.1. The molecule has 0 saturated heterocycles. The van der Waals surface area contributed by atoms with Crippen molar-refractivity contribution in [3.8, 4) is 0 Å². The number of phosphoric ester groups is 1. The third-order valence-electron chi connectivity index (χ3n) is 1.38. The maximum Gasteiger partial charge on any atom is 0.469 e. The van der Waals surface area contributed by atoms with E-state index in [4.69, 9.17) is 14.5 Å². The Morgan fingerprint density at radius 1 is 1.15 bits per heavy atom. The first-order chi connectivity index (χ1) is 6.06. The minimum Gasteiger partial charge on any atom is -0.379 e. The van der Waals surface area contributed by atoms with Crippen LogP contribution in [0.3, 0.4) is 0 Å². The predicted molar refractivity (Wildman–Crippen MR) is 48.3 cm³/mol. The van der Waals surface area contributed by atoms with E-state index in [0.717, 1.165) is 19.3 Å². The molecule has 0 amide bonds. The van der Waals surface area contributed by atoms with E-state index in [1.807, 2.05) is 0 Å². The van der Waals surface area contributed by atoms with Gasteiger partial charge in [0.2, 0.25) is 0 Å². The molecule has 0 bridgehead atoms. The van der Waals surface area contributed by atoms with Gasteiger partial charge in [-0.25, -0.2) is 4.57 Å². The number of rotatable bonds is 8. The summed E-state index contributed by atoms with van der Waals surface area (Å²) in [5, 5.41) is 0. The van der Waals surface area contributed by atoms with Gasteiger partial charge in [-0.15, -0.1) is 0 Å². The number of phosphoric acid groups is 1. The second kappa shape index (κ2) is 7.47. The van der Waals surface area contributed by atoms with Crippen molar-refractivity contribution in [1.82, 2.24) is 0 Å². The van der Waals surface area contributed by atoms with Crippen LogP contribution in [-0.4, -0.2) is 29.6 Å². The zero-order chi connectivity index (χ0) is 10.2. The maximum atomic E-state index is 10.2. The lowest BCUT2D eigenvalue weighted by atomic mass is 10.3. The molecule has 0 saturated carbocycles. The summed E-state index contributed by atoms with van der Waals surface area (Å²) in [7, 11) is -4.31. The van der Waals surface area contributed by atoms with Crippen molar-refractivity contribution >= 4 is 7.82 Å². The summed E-state index contributed by atoms with van der Waals surface area (Å²) in [6, 6.07) is 0. The Morgan fingerprint density at radius 2 is 1.85 bits per heavy atom. The second-order valence-electron chi connectivity index (χ2n) is 2.64. The van der Waals surface area contributed by atoms with Crippen molar-refractivity contribution in [1.29, 1.82) is 0 Å². The van der Waals surface area contributed by atoms with Crippen LogP contribution in [-0.2, 0) is 13.8 Å². The summed E-state index contributed by atoms with van der Waals surface area (Å²) in [5.41, 5.74) is 0. The second-order valence-corrected chi connectivity index (χ2v) is 3.88. The molecule has 0 heterocycles. The topological polar surface area (TPSA) is 76.0 Å². The SMILES string of the molecule is CCCCCOCCOP(=O)(O)O. The van der Waals surface area contributed by atoms with E-state index in [0.29, 0.717) is 6.61 Å². The van der Waals surface area contributed by atoms with Gasteiger partial charge in [-0.1, -0.05) is 19.8 Å². The van der Waals surface area contributed by atoms with Crippen LogP contribution < -0.4 is 0 Å². The molecular weight excluding hydrogens is 195 g/mol. The lowest BCUT2D eigenvalue weighted by molar-refractivity contribution is 0.0833. The molecule has 80 valence electrons. The molecule has 0 atom stereocenters. The molecule has 0 spiro atoms. The fraction of sp³-hybridized carbons (Fsp3) is 1.00. The van der Waals surface area contributed by atoms with Crippen LogP contribution >= 0.6 is 7.82 Å². The molecule has 0 aromatic carbocycles. The van der Waals surface area contributed by atoms with Crippen molar-refractivity contribution in [2.45, 2.75) is 26.2 Å². The van der Waals surface area contributed by atoms with Crippen LogP contribution in [0.2, 0.25) is 0 Å². The van der Waals surface area contributed by atoms with Gasteiger partial charge in [0.15, 0.2) is 0 Å². The van der Waals surface area contributed by atoms with E-state index in [2.05, 4.69) is 11.4 Å². The Hall–Kier alpha value is 0.0700. The number of hydrogen-bond acceptors (Lipinski definition) is 3. The molecule has 6 heteroatoms. The molecule has 5 nitrogen and oxygen atoms in total. The van der Waals surface area contributed by atoms with Gasteiger partial charge in [0.05, 0.1) is 13.2 Å². The van der Waals surface area contributed by atoms with E-state index in [1.165, 1.54) is 0 Å². The molecule has 0 aliphatic carbocycles. The smallest absolute Gasteiger partial charge is 0.379 e. The highest BCUT2D eigenvalue weighted by Crippen LogP contribution is 2.35. The molecule has 0 aliphatic rings. The average Bonchev–Trinajstić information content (AvgIpc) is 2.01. The van der Waals surface area contributed by atoms with Crippen LogP contribution in [0.25, 0.3) is 0 Å². The maximum absolute atomic E-state index is 10.2. The van der Waals surface area contributed by atoms with Gasteiger partial charge in [-0.2, -0.15) is 0 Å². The fourth-order valence-corrected chi connectivity index (χ4v) is 1.08. The summed E-state index contributed by atoms with van der Waals surface area (Å²) in [6.07, 6.45) is 3.22. The molecule has 0 radical (unpaired) electrons. The van der Waals surface area contributed by atoms with Gasteiger partial charge >= 0.3 is 7.82 Å². The Kier molecular flexibility index (Phi) is 7.51. The van der Waals surface area contributed by atoms with Gasteiger partial charge in [0, 0.05) is 6.61 Å².